The number of fused-ring (bicyclic) bond motifs is 1. The monoisotopic (exact) mass is 402 g/mol. The van der Waals surface area contributed by atoms with Gasteiger partial charge >= 0.3 is 0 Å². The zero-order valence-electron chi connectivity index (χ0n) is 16.2. The Hall–Kier alpha value is -2.34. The molecular weight excluding hydrogens is 376 g/mol. The van der Waals surface area contributed by atoms with E-state index in [1.807, 2.05) is 28.8 Å². The number of imidazole rings is 1. The molecule has 1 fully saturated rings. The van der Waals surface area contributed by atoms with Crippen molar-refractivity contribution in [2.75, 3.05) is 6.54 Å². The van der Waals surface area contributed by atoms with Crippen LogP contribution in [0.15, 0.2) is 30.5 Å². The van der Waals surface area contributed by atoms with Crippen LogP contribution >= 0.6 is 11.6 Å². The van der Waals surface area contributed by atoms with Crippen molar-refractivity contribution in [3.8, 4) is 0 Å². The number of unbranched alkanes of at least 4 members (excludes halogenated alkanes) is 1. The van der Waals surface area contributed by atoms with Crippen LogP contribution in [0.5, 0.6) is 0 Å². The lowest BCUT2D eigenvalue weighted by Crippen LogP contribution is -2.59. The van der Waals surface area contributed by atoms with E-state index in [-0.39, 0.29) is 11.8 Å². The maximum Gasteiger partial charge on any atom is 0.245 e. The normalized spacial score (nSPS) is 16.4. The van der Waals surface area contributed by atoms with Gasteiger partial charge in [-0.2, -0.15) is 0 Å². The second-order valence-electron chi connectivity index (χ2n) is 7.29. The Kier molecular flexibility index (Phi) is 6.73. The minimum atomic E-state index is -0.823. The van der Waals surface area contributed by atoms with Crippen LogP contribution in [-0.4, -0.2) is 33.3 Å². The fourth-order valence-electron chi connectivity index (χ4n) is 3.68. The molecule has 3 rings (SSSR count). The molecule has 0 aliphatic heterocycles. The number of aromatic nitrogens is 2. The van der Waals surface area contributed by atoms with E-state index in [9.17, 15) is 9.59 Å². The molecule has 6 nitrogen and oxygen atoms in total. The third kappa shape index (κ3) is 4.55. The summed E-state index contributed by atoms with van der Waals surface area (Å²) in [6, 6.07) is 5.60. The predicted molar refractivity (Wildman–Crippen MR) is 111 cm³/mol. The average Bonchev–Trinajstić information content (AvgIpc) is 3.02. The number of rotatable bonds is 7. The minimum absolute atomic E-state index is 0.0739. The van der Waals surface area contributed by atoms with Gasteiger partial charge in [0.25, 0.3) is 0 Å². The highest BCUT2D eigenvalue weighted by Crippen LogP contribution is 2.28. The van der Waals surface area contributed by atoms with Gasteiger partial charge in [-0.25, -0.2) is 4.98 Å². The number of nitrogens with one attached hydrogen (secondary N) is 2. The maximum atomic E-state index is 12.8. The summed E-state index contributed by atoms with van der Waals surface area (Å²) in [5.74, 6) is -0.371. The van der Waals surface area contributed by atoms with Crippen molar-refractivity contribution in [2.24, 2.45) is 0 Å². The highest BCUT2D eigenvalue weighted by Gasteiger charge is 2.40. The molecule has 2 aromatic rings. The number of carbonyl (C=O) groups excluding carboxylic acids is 2. The molecule has 0 saturated heterocycles. The molecule has 0 atom stereocenters. The summed E-state index contributed by atoms with van der Waals surface area (Å²) in [7, 11) is 0. The van der Waals surface area contributed by atoms with E-state index in [0.717, 1.165) is 32.1 Å². The smallest absolute Gasteiger partial charge is 0.245 e. The van der Waals surface area contributed by atoms with Gasteiger partial charge in [0.1, 0.15) is 11.2 Å². The molecule has 28 heavy (non-hydrogen) atoms. The highest BCUT2D eigenvalue weighted by molar-refractivity contribution is 6.31. The summed E-state index contributed by atoms with van der Waals surface area (Å²) in [4.78, 5) is 29.7. The Labute approximate surface area is 170 Å². The van der Waals surface area contributed by atoms with Crippen LogP contribution in [0.25, 0.3) is 11.7 Å². The van der Waals surface area contributed by atoms with Gasteiger partial charge < -0.3 is 10.6 Å². The minimum Gasteiger partial charge on any atom is -0.354 e. The Morgan fingerprint density at radius 1 is 1.29 bits per heavy atom. The first-order valence-electron chi connectivity index (χ1n) is 9.97. The molecule has 0 aromatic carbocycles. The zero-order valence-corrected chi connectivity index (χ0v) is 17.0. The highest BCUT2D eigenvalue weighted by atomic mass is 35.5. The fraction of sp³-hybridized carbons (Fsp3) is 0.476. The molecule has 1 aliphatic rings. The molecule has 1 aliphatic carbocycles. The molecule has 0 unspecified atom stereocenters. The number of halogens is 1. The molecule has 1 saturated carbocycles. The number of pyridine rings is 1. The molecule has 2 aromatic heterocycles. The second-order valence-corrected chi connectivity index (χ2v) is 7.65. The van der Waals surface area contributed by atoms with E-state index >= 15 is 0 Å². The topological polar surface area (TPSA) is 75.5 Å². The van der Waals surface area contributed by atoms with Crippen LogP contribution in [0.4, 0.5) is 0 Å². The quantitative estimate of drug-likeness (QED) is 0.547. The second kappa shape index (κ2) is 9.24. The predicted octanol–water partition coefficient (Wildman–Crippen LogP) is 3.74. The zero-order chi connectivity index (χ0) is 20.0. The summed E-state index contributed by atoms with van der Waals surface area (Å²) < 4.78 is 1.82. The summed E-state index contributed by atoms with van der Waals surface area (Å²) >= 11 is 6.21. The first kappa shape index (κ1) is 20.4. The van der Waals surface area contributed by atoms with Gasteiger partial charge in [0.15, 0.2) is 5.15 Å². The number of nitrogens with zero attached hydrogens (tertiary/aromatic N) is 2. The molecular formula is C21H27ClN4O2. The summed E-state index contributed by atoms with van der Waals surface area (Å²) in [5, 5.41) is 6.30. The van der Waals surface area contributed by atoms with Gasteiger partial charge in [-0.1, -0.05) is 50.3 Å². The molecule has 7 heteroatoms. The Morgan fingerprint density at radius 3 is 2.82 bits per heavy atom. The summed E-state index contributed by atoms with van der Waals surface area (Å²) in [6.45, 7) is 2.72. The van der Waals surface area contributed by atoms with Crippen molar-refractivity contribution in [3.05, 3.63) is 41.3 Å². The van der Waals surface area contributed by atoms with E-state index in [1.54, 1.807) is 6.08 Å². The first-order chi connectivity index (χ1) is 13.6. The summed E-state index contributed by atoms with van der Waals surface area (Å²) in [6.07, 6.45) is 11.2. The number of hydrogen-bond acceptors (Lipinski definition) is 3. The first-order valence-corrected chi connectivity index (χ1v) is 10.3. The molecule has 2 heterocycles. The van der Waals surface area contributed by atoms with Crippen LogP contribution in [0, 0.1) is 0 Å². The lowest BCUT2D eigenvalue weighted by Gasteiger charge is -2.36. The van der Waals surface area contributed by atoms with Crippen LogP contribution < -0.4 is 10.6 Å². The van der Waals surface area contributed by atoms with Gasteiger partial charge in [0.2, 0.25) is 11.8 Å². The van der Waals surface area contributed by atoms with Crippen LogP contribution in [0.1, 0.15) is 57.6 Å². The van der Waals surface area contributed by atoms with E-state index in [2.05, 4.69) is 22.5 Å². The SMILES string of the molecule is CCCCNC(=O)C1(NC(=O)/C=C/c2c(Cl)nc3ccccn23)CCCCC1. The van der Waals surface area contributed by atoms with E-state index in [4.69, 9.17) is 11.6 Å². The van der Waals surface area contributed by atoms with Crippen molar-refractivity contribution in [1.82, 2.24) is 20.0 Å². The molecule has 0 radical (unpaired) electrons. The third-order valence-electron chi connectivity index (χ3n) is 5.23. The van der Waals surface area contributed by atoms with E-state index in [0.29, 0.717) is 35.9 Å². The van der Waals surface area contributed by atoms with Crippen molar-refractivity contribution in [2.45, 2.75) is 57.4 Å². The van der Waals surface area contributed by atoms with Crippen molar-refractivity contribution < 1.29 is 9.59 Å². The Morgan fingerprint density at radius 2 is 2.07 bits per heavy atom. The van der Waals surface area contributed by atoms with Crippen molar-refractivity contribution in [1.29, 1.82) is 0 Å². The van der Waals surface area contributed by atoms with Crippen LogP contribution in [0.3, 0.4) is 0 Å². The molecule has 2 amide bonds. The molecule has 2 N–H and O–H groups in total. The number of amides is 2. The van der Waals surface area contributed by atoms with E-state index < -0.39 is 5.54 Å². The van der Waals surface area contributed by atoms with Gasteiger partial charge in [0, 0.05) is 18.8 Å². The summed E-state index contributed by atoms with van der Waals surface area (Å²) in [5.41, 5.74) is 0.528. The van der Waals surface area contributed by atoms with Gasteiger partial charge in [-0.15, -0.1) is 0 Å². The fourth-order valence-corrected chi connectivity index (χ4v) is 3.92. The van der Waals surface area contributed by atoms with Gasteiger partial charge in [-0.3, -0.25) is 14.0 Å². The lowest BCUT2D eigenvalue weighted by molar-refractivity contribution is -0.133. The third-order valence-corrected chi connectivity index (χ3v) is 5.51. The Bertz CT molecular complexity index is 868. The van der Waals surface area contributed by atoms with E-state index in [1.165, 1.54) is 6.08 Å². The largest absolute Gasteiger partial charge is 0.354 e. The van der Waals surface area contributed by atoms with Crippen molar-refractivity contribution in [3.63, 3.8) is 0 Å². The van der Waals surface area contributed by atoms with Crippen molar-refractivity contribution >= 4 is 35.1 Å². The lowest BCUT2D eigenvalue weighted by atomic mass is 9.80. The Balaban J connectivity index is 1.73. The number of carbonyl (C=O) groups is 2. The number of hydrogen-bond donors (Lipinski definition) is 2. The average molecular weight is 403 g/mol. The molecule has 0 spiro atoms. The molecule has 150 valence electrons. The van der Waals surface area contributed by atoms with Gasteiger partial charge in [0.05, 0.1) is 5.69 Å². The molecule has 0 bridgehead atoms. The van der Waals surface area contributed by atoms with Gasteiger partial charge in [-0.05, 0) is 37.5 Å². The standard InChI is InChI=1S/C21H27ClN4O2/c1-2-3-14-23-20(28)21(12-6-4-7-13-21)25-18(27)11-10-16-19(22)24-17-9-5-8-15-26(16)17/h5,8-11,15H,2-4,6-7,12-14H2,1H3,(H,23,28)(H,25,27)/b11-10+. The van der Waals surface area contributed by atoms with Crippen LogP contribution in [-0.2, 0) is 9.59 Å². The van der Waals surface area contributed by atoms with Crippen LogP contribution in [0.2, 0.25) is 5.15 Å². The maximum absolute atomic E-state index is 12.8.